The fourth-order valence-corrected chi connectivity index (χ4v) is 4.02. The summed E-state index contributed by atoms with van der Waals surface area (Å²) in [4.78, 5) is 0. The van der Waals surface area contributed by atoms with E-state index in [-0.39, 0.29) is 11.7 Å². The summed E-state index contributed by atoms with van der Waals surface area (Å²) in [7, 11) is -3.25. The first-order valence-corrected chi connectivity index (χ1v) is 8.40. The summed E-state index contributed by atoms with van der Waals surface area (Å²) in [6.45, 7) is 5.77. The van der Waals surface area contributed by atoms with E-state index in [0.717, 1.165) is 37.1 Å². The first kappa shape index (κ1) is 14.3. The quantitative estimate of drug-likeness (QED) is 0.888. The van der Waals surface area contributed by atoms with Crippen molar-refractivity contribution in [3.8, 4) is 0 Å². The summed E-state index contributed by atoms with van der Waals surface area (Å²) in [5, 5.41) is 3.25. The molecule has 0 saturated carbocycles. The Morgan fingerprint density at radius 3 is 2.63 bits per heavy atom. The van der Waals surface area contributed by atoms with Crippen molar-refractivity contribution in [2.24, 2.45) is 5.92 Å². The summed E-state index contributed by atoms with van der Waals surface area (Å²) in [5.41, 5.74) is 2.80. The Kier molecular flexibility index (Phi) is 4.47. The zero-order valence-electron chi connectivity index (χ0n) is 11.6. The number of nitrogens with one attached hydrogen (secondary N) is 2. The summed E-state index contributed by atoms with van der Waals surface area (Å²) in [5.74, 6) is 0.492. The lowest BCUT2D eigenvalue weighted by molar-refractivity contribution is 0.402. The average molecular weight is 282 g/mol. The lowest BCUT2D eigenvalue weighted by atomic mass is 10.0. The molecule has 0 atom stereocenters. The molecule has 1 aliphatic rings. The Morgan fingerprint density at radius 2 is 1.95 bits per heavy atom. The van der Waals surface area contributed by atoms with Crippen LogP contribution in [0, 0.1) is 19.8 Å². The van der Waals surface area contributed by atoms with Crippen LogP contribution in [0.15, 0.2) is 18.2 Å². The Labute approximate surface area is 115 Å². The summed E-state index contributed by atoms with van der Waals surface area (Å²) < 4.78 is 27.1. The number of aryl methyl sites for hydroxylation is 1. The molecule has 2 rings (SSSR count). The van der Waals surface area contributed by atoms with E-state index in [2.05, 4.69) is 10.0 Å². The van der Waals surface area contributed by atoms with E-state index in [4.69, 9.17) is 0 Å². The molecule has 1 saturated heterocycles. The predicted octanol–water partition coefficient (Wildman–Crippen LogP) is 2.04. The van der Waals surface area contributed by atoms with Gasteiger partial charge in [-0.25, -0.2) is 8.42 Å². The maximum atomic E-state index is 12.2. The summed E-state index contributed by atoms with van der Waals surface area (Å²) in [6, 6.07) is 5.69. The second-order valence-corrected chi connectivity index (χ2v) is 7.09. The zero-order valence-corrected chi connectivity index (χ0v) is 12.4. The first-order valence-electron chi connectivity index (χ1n) is 6.75. The molecule has 4 nitrogen and oxygen atoms in total. The van der Waals surface area contributed by atoms with Crippen LogP contribution in [0.2, 0.25) is 0 Å². The summed E-state index contributed by atoms with van der Waals surface area (Å²) in [6.07, 6.45) is 1.88. The molecule has 0 amide bonds. The van der Waals surface area contributed by atoms with Crippen LogP contribution in [0.5, 0.6) is 0 Å². The molecular weight excluding hydrogens is 260 g/mol. The molecule has 19 heavy (non-hydrogen) atoms. The van der Waals surface area contributed by atoms with Gasteiger partial charge in [0.25, 0.3) is 0 Å². The van der Waals surface area contributed by atoms with Crippen molar-refractivity contribution in [2.75, 3.05) is 23.6 Å². The minimum Gasteiger partial charge on any atom is -0.317 e. The van der Waals surface area contributed by atoms with E-state index in [0.29, 0.717) is 5.69 Å². The van der Waals surface area contributed by atoms with Crippen molar-refractivity contribution in [2.45, 2.75) is 26.7 Å². The number of sulfonamides is 1. The molecule has 1 aromatic carbocycles. The molecule has 0 spiro atoms. The number of piperidine rings is 1. The zero-order chi connectivity index (χ0) is 13.9. The van der Waals surface area contributed by atoms with Crippen LogP contribution in [0.25, 0.3) is 0 Å². The molecule has 1 fully saturated rings. The van der Waals surface area contributed by atoms with E-state index < -0.39 is 10.0 Å². The van der Waals surface area contributed by atoms with Gasteiger partial charge >= 0.3 is 0 Å². The predicted molar refractivity (Wildman–Crippen MR) is 78.9 cm³/mol. The molecule has 0 aromatic heterocycles. The van der Waals surface area contributed by atoms with Crippen molar-refractivity contribution >= 4 is 15.7 Å². The Balaban J connectivity index is 2.06. The van der Waals surface area contributed by atoms with Crippen molar-refractivity contribution in [3.05, 3.63) is 29.3 Å². The fourth-order valence-electron chi connectivity index (χ4n) is 2.43. The molecule has 5 heteroatoms. The maximum Gasteiger partial charge on any atom is 0.233 e. The molecule has 1 heterocycles. The van der Waals surface area contributed by atoms with Crippen LogP contribution in [0.4, 0.5) is 5.69 Å². The monoisotopic (exact) mass is 282 g/mol. The molecule has 0 bridgehead atoms. The van der Waals surface area contributed by atoms with Crippen molar-refractivity contribution in [1.29, 1.82) is 0 Å². The van der Waals surface area contributed by atoms with Gasteiger partial charge in [0.2, 0.25) is 10.0 Å². The van der Waals surface area contributed by atoms with Crippen LogP contribution in [-0.2, 0) is 10.0 Å². The number of anilines is 1. The highest BCUT2D eigenvalue weighted by molar-refractivity contribution is 7.92. The van der Waals surface area contributed by atoms with Gasteiger partial charge in [-0.15, -0.1) is 0 Å². The molecule has 1 aromatic rings. The molecule has 0 aliphatic carbocycles. The second kappa shape index (κ2) is 5.92. The fraction of sp³-hybridized carbons (Fsp3) is 0.571. The van der Waals surface area contributed by atoms with E-state index in [9.17, 15) is 8.42 Å². The number of hydrogen-bond acceptors (Lipinski definition) is 3. The topological polar surface area (TPSA) is 58.2 Å². The third-order valence-electron chi connectivity index (χ3n) is 3.78. The van der Waals surface area contributed by atoms with Gasteiger partial charge < -0.3 is 5.32 Å². The lowest BCUT2D eigenvalue weighted by Gasteiger charge is -2.23. The van der Waals surface area contributed by atoms with Crippen molar-refractivity contribution < 1.29 is 8.42 Å². The molecule has 1 aliphatic heterocycles. The average Bonchev–Trinajstić information content (AvgIpc) is 2.35. The summed E-state index contributed by atoms with van der Waals surface area (Å²) >= 11 is 0. The minimum atomic E-state index is -3.25. The van der Waals surface area contributed by atoms with Crippen molar-refractivity contribution in [3.63, 3.8) is 0 Å². The van der Waals surface area contributed by atoms with Gasteiger partial charge in [-0.3, -0.25) is 4.72 Å². The number of benzene rings is 1. The van der Waals surface area contributed by atoms with Gasteiger partial charge in [-0.05, 0) is 62.9 Å². The van der Waals surface area contributed by atoms with Gasteiger partial charge in [0.15, 0.2) is 0 Å². The molecule has 0 unspecified atom stereocenters. The molecule has 2 N–H and O–H groups in total. The minimum absolute atomic E-state index is 0.224. The lowest BCUT2D eigenvalue weighted by Crippen LogP contribution is -2.33. The molecule has 106 valence electrons. The van der Waals surface area contributed by atoms with Crippen LogP contribution in [0.1, 0.15) is 24.0 Å². The first-order chi connectivity index (χ1) is 8.98. The smallest absolute Gasteiger partial charge is 0.233 e. The maximum absolute atomic E-state index is 12.2. The molecule has 0 radical (unpaired) electrons. The Morgan fingerprint density at radius 1 is 1.26 bits per heavy atom. The normalized spacial score (nSPS) is 17.4. The SMILES string of the molecule is Cc1cccc(NS(=O)(=O)CC2CCNCC2)c1C. The second-order valence-electron chi connectivity index (χ2n) is 5.32. The van der Waals surface area contributed by atoms with E-state index in [1.165, 1.54) is 0 Å². The van der Waals surface area contributed by atoms with Crippen LogP contribution in [-0.4, -0.2) is 27.3 Å². The Bertz CT molecular complexity index is 534. The van der Waals surface area contributed by atoms with Gasteiger partial charge in [0.05, 0.1) is 11.4 Å². The largest absolute Gasteiger partial charge is 0.317 e. The van der Waals surface area contributed by atoms with Gasteiger partial charge in [0.1, 0.15) is 0 Å². The Hall–Kier alpha value is -1.07. The highest BCUT2D eigenvalue weighted by atomic mass is 32.2. The van der Waals surface area contributed by atoms with Gasteiger partial charge in [-0.1, -0.05) is 12.1 Å². The van der Waals surface area contributed by atoms with Crippen LogP contribution < -0.4 is 10.0 Å². The van der Waals surface area contributed by atoms with E-state index in [1.807, 2.05) is 32.0 Å². The van der Waals surface area contributed by atoms with Gasteiger partial charge in [-0.2, -0.15) is 0 Å². The third kappa shape index (κ3) is 3.94. The van der Waals surface area contributed by atoms with Crippen LogP contribution >= 0.6 is 0 Å². The van der Waals surface area contributed by atoms with Crippen LogP contribution in [0.3, 0.4) is 0 Å². The van der Waals surface area contributed by atoms with E-state index in [1.54, 1.807) is 0 Å². The van der Waals surface area contributed by atoms with Gasteiger partial charge in [0, 0.05) is 0 Å². The van der Waals surface area contributed by atoms with Crippen molar-refractivity contribution in [1.82, 2.24) is 5.32 Å². The highest BCUT2D eigenvalue weighted by Gasteiger charge is 2.21. The van der Waals surface area contributed by atoms with E-state index >= 15 is 0 Å². The number of rotatable bonds is 4. The third-order valence-corrected chi connectivity index (χ3v) is 5.23. The number of hydrogen-bond donors (Lipinski definition) is 2. The molecular formula is C14H22N2O2S. The highest BCUT2D eigenvalue weighted by Crippen LogP contribution is 2.21. The standard InChI is InChI=1S/C14H22N2O2S/c1-11-4-3-5-14(12(11)2)16-19(17,18)10-13-6-8-15-9-7-13/h3-5,13,15-16H,6-10H2,1-2H3.